The van der Waals surface area contributed by atoms with E-state index in [1.54, 1.807) is 0 Å². The fraction of sp³-hybridized carbons (Fsp3) is 0.250. The molecule has 0 aliphatic heterocycles. The van der Waals surface area contributed by atoms with E-state index < -0.39 is 32.4 Å². The zero-order chi connectivity index (χ0) is 11.7. The normalized spacial score (nSPS) is 12.8. The SMILES string of the molecule is O=S(=O)(c1ccc(F)cc1)C(F)(F)CO. The molecule has 0 unspecified atom stereocenters. The Bertz CT molecular complexity index is 439. The molecule has 84 valence electrons. The first-order valence-corrected chi connectivity index (χ1v) is 5.28. The van der Waals surface area contributed by atoms with Crippen molar-refractivity contribution in [1.29, 1.82) is 0 Å². The van der Waals surface area contributed by atoms with E-state index >= 15 is 0 Å². The smallest absolute Gasteiger partial charge is 0.372 e. The molecule has 1 N–H and O–H groups in total. The second-order valence-electron chi connectivity index (χ2n) is 2.75. The van der Waals surface area contributed by atoms with Crippen LogP contribution in [-0.2, 0) is 9.84 Å². The van der Waals surface area contributed by atoms with E-state index in [4.69, 9.17) is 5.11 Å². The van der Waals surface area contributed by atoms with Crippen LogP contribution in [0.5, 0.6) is 0 Å². The van der Waals surface area contributed by atoms with Gasteiger partial charge in [0.2, 0.25) is 9.84 Å². The van der Waals surface area contributed by atoms with Gasteiger partial charge in [0.05, 0.1) is 4.90 Å². The molecule has 0 aliphatic rings. The maximum atomic E-state index is 12.8. The number of rotatable bonds is 3. The fourth-order valence-electron chi connectivity index (χ4n) is 0.871. The molecule has 7 heteroatoms. The molecule has 0 saturated carbocycles. The third-order valence-corrected chi connectivity index (χ3v) is 3.51. The lowest BCUT2D eigenvalue weighted by molar-refractivity contribution is 0.0262. The number of benzene rings is 1. The first-order chi connectivity index (χ1) is 6.81. The zero-order valence-corrected chi connectivity index (χ0v) is 8.14. The molecule has 1 aromatic rings. The van der Waals surface area contributed by atoms with Crippen LogP contribution in [0.3, 0.4) is 0 Å². The van der Waals surface area contributed by atoms with Gasteiger partial charge in [0, 0.05) is 0 Å². The Hall–Kier alpha value is -1.08. The van der Waals surface area contributed by atoms with Crippen molar-refractivity contribution < 1.29 is 26.7 Å². The first kappa shape index (κ1) is 12.0. The molecule has 0 heterocycles. The predicted molar refractivity (Wildman–Crippen MR) is 45.6 cm³/mol. The van der Waals surface area contributed by atoms with E-state index in [-0.39, 0.29) is 0 Å². The van der Waals surface area contributed by atoms with Gasteiger partial charge in [-0.2, -0.15) is 8.78 Å². The average Bonchev–Trinajstić information content (AvgIpc) is 2.18. The maximum Gasteiger partial charge on any atom is 0.372 e. The number of alkyl halides is 2. The molecular formula is C8H7F3O3S. The van der Waals surface area contributed by atoms with E-state index in [2.05, 4.69) is 0 Å². The molecule has 0 radical (unpaired) electrons. The molecule has 3 nitrogen and oxygen atoms in total. The highest BCUT2D eigenvalue weighted by Gasteiger charge is 2.45. The number of aliphatic hydroxyl groups excluding tert-OH is 1. The van der Waals surface area contributed by atoms with Gasteiger partial charge >= 0.3 is 5.25 Å². The quantitative estimate of drug-likeness (QED) is 0.807. The second kappa shape index (κ2) is 3.82. The molecule has 0 aromatic heterocycles. The van der Waals surface area contributed by atoms with Gasteiger partial charge in [-0.05, 0) is 24.3 Å². The molecule has 0 spiro atoms. The summed E-state index contributed by atoms with van der Waals surface area (Å²) in [5.74, 6) is -0.735. The molecule has 0 aliphatic carbocycles. The number of hydrogen-bond donors (Lipinski definition) is 1. The number of halogens is 3. The van der Waals surface area contributed by atoms with E-state index in [0.29, 0.717) is 12.1 Å². The minimum Gasteiger partial charge on any atom is -0.389 e. The molecule has 0 amide bonds. The monoisotopic (exact) mass is 240 g/mol. The van der Waals surface area contributed by atoms with Crippen molar-refractivity contribution in [3.63, 3.8) is 0 Å². The summed E-state index contributed by atoms with van der Waals surface area (Å²) in [7, 11) is -4.96. The van der Waals surface area contributed by atoms with Crippen molar-refractivity contribution >= 4 is 9.84 Å². The van der Waals surface area contributed by atoms with Crippen molar-refractivity contribution in [2.24, 2.45) is 0 Å². The lowest BCUT2D eigenvalue weighted by atomic mass is 10.4. The average molecular weight is 240 g/mol. The van der Waals surface area contributed by atoms with Gasteiger partial charge in [-0.25, -0.2) is 12.8 Å². The van der Waals surface area contributed by atoms with Crippen molar-refractivity contribution in [2.45, 2.75) is 10.2 Å². The Morgan fingerprint density at radius 2 is 1.67 bits per heavy atom. The first-order valence-electron chi connectivity index (χ1n) is 3.80. The Kier molecular flexibility index (Phi) is 3.05. The topological polar surface area (TPSA) is 54.4 Å². The van der Waals surface area contributed by atoms with Gasteiger partial charge in [-0.15, -0.1) is 0 Å². The van der Waals surface area contributed by atoms with Crippen molar-refractivity contribution in [3.8, 4) is 0 Å². The van der Waals surface area contributed by atoms with Crippen LogP contribution in [-0.4, -0.2) is 25.4 Å². The second-order valence-corrected chi connectivity index (χ2v) is 4.83. The molecule has 15 heavy (non-hydrogen) atoms. The Labute approximate surface area is 84.1 Å². The molecule has 0 fully saturated rings. The minimum atomic E-state index is -4.96. The highest BCUT2D eigenvalue weighted by atomic mass is 32.2. The fourth-order valence-corrected chi connectivity index (χ4v) is 1.88. The summed E-state index contributed by atoms with van der Waals surface area (Å²) in [6.07, 6.45) is 0. The van der Waals surface area contributed by atoms with Gasteiger partial charge in [0.25, 0.3) is 0 Å². The van der Waals surface area contributed by atoms with Crippen LogP contribution in [0.1, 0.15) is 0 Å². The molecule has 1 rings (SSSR count). The number of sulfone groups is 1. The van der Waals surface area contributed by atoms with Crippen LogP contribution in [0.4, 0.5) is 13.2 Å². The Morgan fingerprint density at radius 3 is 2.07 bits per heavy atom. The van der Waals surface area contributed by atoms with Crippen LogP contribution in [0.25, 0.3) is 0 Å². The van der Waals surface area contributed by atoms with Crippen molar-refractivity contribution in [3.05, 3.63) is 30.1 Å². The van der Waals surface area contributed by atoms with Crippen molar-refractivity contribution in [1.82, 2.24) is 0 Å². The van der Waals surface area contributed by atoms with Gasteiger partial charge in [-0.3, -0.25) is 0 Å². The summed E-state index contributed by atoms with van der Waals surface area (Å²) in [4.78, 5) is -0.733. The zero-order valence-electron chi connectivity index (χ0n) is 7.32. The van der Waals surface area contributed by atoms with Gasteiger partial charge in [0.1, 0.15) is 12.4 Å². The molecule has 0 atom stereocenters. The van der Waals surface area contributed by atoms with Crippen LogP contribution < -0.4 is 0 Å². The Morgan fingerprint density at radius 1 is 1.20 bits per heavy atom. The predicted octanol–water partition coefficient (Wildman–Crippen LogP) is 1.18. The molecule has 0 saturated heterocycles. The highest BCUT2D eigenvalue weighted by molar-refractivity contribution is 7.92. The van der Waals surface area contributed by atoms with Gasteiger partial charge in [-0.1, -0.05) is 0 Å². The lowest BCUT2D eigenvalue weighted by Gasteiger charge is -2.13. The van der Waals surface area contributed by atoms with Crippen LogP contribution in [0.2, 0.25) is 0 Å². The molecule has 0 bridgehead atoms. The summed E-state index contributed by atoms with van der Waals surface area (Å²) in [5.41, 5.74) is 0. The number of hydrogen-bond acceptors (Lipinski definition) is 3. The van der Waals surface area contributed by atoms with E-state index in [1.165, 1.54) is 0 Å². The van der Waals surface area contributed by atoms with Crippen LogP contribution >= 0.6 is 0 Å². The molecular weight excluding hydrogens is 233 g/mol. The maximum absolute atomic E-state index is 12.8. The third kappa shape index (κ3) is 2.13. The van der Waals surface area contributed by atoms with Crippen molar-refractivity contribution in [2.75, 3.05) is 6.61 Å². The van der Waals surface area contributed by atoms with Crippen LogP contribution in [0, 0.1) is 5.82 Å². The summed E-state index contributed by atoms with van der Waals surface area (Å²) >= 11 is 0. The number of aliphatic hydroxyl groups is 1. The standard InChI is InChI=1S/C8H7F3O3S/c9-6-1-3-7(4-2-6)15(13,14)8(10,11)5-12/h1-4,12H,5H2. The minimum absolute atomic E-state index is 0.717. The third-order valence-electron chi connectivity index (χ3n) is 1.70. The van der Waals surface area contributed by atoms with Gasteiger partial charge in [0.15, 0.2) is 0 Å². The van der Waals surface area contributed by atoms with E-state index in [9.17, 15) is 21.6 Å². The van der Waals surface area contributed by atoms with Gasteiger partial charge < -0.3 is 5.11 Å². The summed E-state index contributed by atoms with van der Waals surface area (Å²) < 4.78 is 60.3. The summed E-state index contributed by atoms with van der Waals surface area (Å²) in [6, 6.07) is 2.93. The Balaban J connectivity index is 3.24. The largest absolute Gasteiger partial charge is 0.389 e. The molecule has 1 aromatic carbocycles. The van der Waals surface area contributed by atoms with E-state index in [0.717, 1.165) is 12.1 Å². The summed E-state index contributed by atoms with van der Waals surface area (Å²) in [5, 5.41) is 3.98. The van der Waals surface area contributed by atoms with E-state index in [1.807, 2.05) is 0 Å². The lowest BCUT2D eigenvalue weighted by Crippen LogP contribution is -2.32. The highest BCUT2D eigenvalue weighted by Crippen LogP contribution is 2.28. The summed E-state index contributed by atoms with van der Waals surface area (Å²) in [6.45, 7) is -1.81. The van der Waals surface area contributed by atoms with Crippen LogP contribution in [0.15, 0.2) is 29.2 Å².